The number of fused-ring (bicyclic) bond motifs is 1. The molecule has 0 aromatic carbocycles. The number of carbonyl (C=O) groups is 1. The molecule has 0 aliphatic heterocycles. The Balaban J connectivity index is 2.62. The predicted octanol–water partition coefficient (Wildman–Crippen LogP) is 2.28. The molecule has 2 aromatic heterocycles. The first-order valence-electron chi connectivity index (χ1n) is 5.05. The zero-order valence-electron chi connectivity index (χ0n) is 9.44. The number of ether oxygens (including phenoxy) is 2. The lowest BCUT2D eigenvalue weighted by molar-refractivity contribution is 0.0528. The molecule has 0 aliphatic rings. The fourth-order valence-electron chi connectivity index (χ4n) is 1.57. The number of halogens is 1. The summed E-state index contributed by atoms with van der Waals surface area (Å²) in [6.07, 6.45) is 3.23. The Kier molecular flexibility index (Phi) is 3.33. The molecule has 0 N–H and O–H groups in total. The van der Waals surface area contributed by atoms with E-state index in [9.17, 15) is 4.79 Å². The molecule has 0 aliphatic carbocycles. The predicted molar refractivity (Wildman–Crippen MR) is 65.4 cm³/mol. The van der Waals surface area contributed by atoms with Gasteiger partial charge in [-0.3, -0.25) is 0 Å². The average Bonchev–Trinajstić information content (AvgIpc) is 2.71. The number of nitrogens with zero attached hydrogens (tertiary/aromatic N) is 2. The van der Waals surface area contributed by atoms with Crippen LogP contribution in [0.2, 0.25) is 0 Å². The highest BCUT2D eigenvalue weighted by Crippen LogP contribution is 2.27. The smallest absolute Gasteiger partial charge is 0.342 e. The number of methoxy groups -OCH3 is 1. The molecule has 2 aromatic rings. The van der Waals surface area contributed by atoms with Crippen LogP contribution in [-0.2, 0) is 4.74 Å². The summed E-state index contributed by atoms with van der Waals surface area (Å²) in [6, 6.07) is 1.78. The molecule has 2 rings (SSSR count). The van der Waals surface area contributed by atoms with Gasteiger partial charge in [0.05, 0.1) is 19.9 Å². The minimum atomic E-state index is -0.400. The molecule has 2 heterocycles. The van der Waals surface area contributed by atoms with Crippen molar-refractivity contribution in [3.63, 3.8) is 0 Å². The summed E-state index contributed by atoms with van der Waals surface area (Å²) in [6.45, 7) is 2.09. The van der Waals surface area contributed by atoms with Gasteiger partial charge < -0.3 is 9.47 Å². The topological polar surface area (TPSA) is 52.8 Å². The van der Waals surface area contributed by atoms with E-state index in [1.165, 1.54) is 6.20 Å². The van der Waals surface area contributed by atoms with E-state index >= 15 is 0 Å². The Labute approximate surface area is 106 Å². The van der Waals surface area contributed by atoms with Gasteiger partial charge in [0.1, 0.15) is 16.8 Å². The Morgan fingerprint density at radius 3 is 3.00 bits per heavy atom. The number of aromatic nitrogens is 2. The van der Waals surface area contributed by atoms with E-state index in [1.807, 2.05) is 0 Å². The van der Waals surface area contributed by atoms with Crippen LogP contribution in [0.15, 0.2) is 22.9 Å². The van der Waals surface area contributed by atoms with Gasteiger partial charge in [0.2, 0.25) is 0 Å². The first-order valence-corrected chi connectivity index (χ1v) is 5.84. The molecule has 0 saturated carbocycles. The fourth-order valence-corrected chi connectivity index (χ4v) is 1.97. The minimum absolute atomic E-state index is 0.328. The lowest BCUT2D eigenvalue weighted by Gasteiger charge is -2.05. The van der Waals surface area contributed by atoms with Crippen LogP contribution >= 0.6 is 15.9 Å². The van der Waals surface area contributed by atoms with Crippen LogP contribution in [0.1, 0.15) is 17.3 Å². The molecule has 90 valence electrons. The van der Waals surface area contributed by atoms with Crippen LogP contribution < -0.4 is 4.74 Å². The summed E-state index contributed by atoms with van der Waals surface area (Å²) < 4.78 is 12.6. The van der Waals surface area contributed by atoms with Crippen molar-refractivity contribution in [1.29, 1.82) is 0 Å². The van der Waals surface area contributed by atoms with Crippen LogP contribution in [0.25, 0.3) is 5.52 Å². The quantitative estimate of drug-likeness (QED) is 0.816. The summed E-state index contributed by atoms with van der Waals surface area (Å²) in [5, 5.41) is 4.10. The number of hydrogen-bond donors (Lipinski definition) is 0. The van der Waals surface area contributed by atoms with Crippen LogP contribution in [0.3, 0.4) is 0 Å². The molecule has 0 bridgehead atoms. The van der Waals surface area contributed by atoms with Crippen molar-refractivity contribution >= 4 is 27.4 Å². The van der Waals surface area contributed by atoms with Crippen LogP contribution in [0, 0.1) is 0 Å². The number of hydrogen-bond acceptors (Lipinski definition) is 4. The van der Waals surface area contributed by atoms with Crippen LogP contribution in [0.5, 0.6) is 5.75 Å². The molecule has 0 radical (unpaired) electrons. The summed E-state index contributed by atoms with van der Waals surface area (Å²) in [5.41, 5.74) is 1.00. The van der Waals surface area contributed by atoms with Gasteiger partial charge >= 0.3 is 5.97 Å². The first-order chi connectivity index (χ1) is 8.17. The van der Waals surface area contributed by atoms with Gasteiger partial charge in [-0.05, 0) is 28.9 Å². The summed E-state index contributed by atoms with van der Waals surface area (Å²) in [7, 11) is 1.55. The summed E-state index contributed by atoms with van der Waals surface area (Å²) in [5.74, 6) is 0.169. The van der Waals surface area contributed by atoms with Gasteiger partial charge in [-0.25, -0.2) is 9.31 Å². The van der Waals surface area contributed by atoms with Crippen molar-refractivity contribution < 1.29 is 14.3 Å². The Morgan fingerprint density at radius 1 is 1.59 bits per heavy atom. The molecule has 5 nitrogen and oxygen atoms in total. The third-order valence-electron chi connectivity index (χ3n) is 2.26. The zero-order chi connectivity index (χ0) is 12.4. The molecule has 0 unspecified atom stereocenters. The second kappa shape index (κ2) is 4.75. The van der Waals surface area contributed by atoms with E-state index in [1.54, 1.807) is 30.8 Å². The zero-order valence-corrected chi connectivity index (χ0v) is 11.0. The summed E-state index contributed by atoms with van der Waals surface area (Å²) >= 11 is 3.34. The third-order valence-corrected chi connectivity index (χ3v) is 2.69. The maximum Gasteiger partial charge on any atom is 0.342 e. The third kappa shape index (κ3) is 2.12. The first kappa shape index (κ1) is 11.9. The second-order valence-electron chi connectivity index (χ2n) is 3.30. The molecule has 0 atom stereocenters. The molecule has 0 spiro atoms. The number of esters is 1. The fraction of sp³-hybridized carbons (Fsp3) is 0.273. The van der Waals surface area contributed by atoms with Crippen molar-refractivity contribution in [3.8, 4) is 5.75 Å². The van der Waals surface area contributed by atoms with Crippen LogP contribution in [0.4, 0.5) is 0 Å². The number of carbonyl (C=O) groups excluding carboxylic acids is 1. The van der Waals surface area contributed by atoms with E-state index in [0.29, 0.717) is 23.4 Å². The molecular weight excluding hydrogens is 288 g/mol. The standard InChI is InChI=1S/C11H11BrN2O3/c1-3-17-11(15)8-5-13-14-6-7(12)4-9(16-2)10(8)14/h4-6H,3H2,1-2H3. The lowest BCUT2D eigenvalue weighted by Crippen LogP contribution is -2.04. The van der Waals surface area contributed by atoms with E-state index in [2.05, 4.69) is 21.0 Å². The van der Waals surface area contributed by atoms with Gasteiger partial charge in [-0.15, -0.1) is 0 Å². The highest BCUT2D eigenvalue weighted by Gasteiger charge is 2.17. The monoisotopic (exact) mass is 298 g/mol. The van der Waals surface area contributed by atoms with Crippen molar-refractivity contribution in [3.05, 3.63) is 28.5 Å². The Hall–Kier alpha value is -1.56. The van der Waals surface area contributed by atoms with E-state index in [0.717, 1.165) is 4.47 Å². The number of rotatable bonds is 3. The van der Waals surface area contributed by atoms with Gasteiger partial charge in [0, 0.05) is 10.7 Å². The molecule has 0 fully saturated rings. The minimum Gasteiger partial charge on any atom is -0.494 e. The van der Waals surface area contributed by atoms with E-state index < -0.39 is 5.97 Å². The van der Waals surface area contributed by atoms with Gasteiger partial charge in [0.15, 0.2) is 0 Å². The SMILES string of the molecule is CCOC(=O)c1cnn2cc(Br)cc(OC)c12. The van der Waals surface area contributed by atoms with Crippen molar-refractivity contribution in [2.45, 2.75) is 6.92 Å². The van der Waals surface area contributed by atoms with Gasteiger partial charge in [0.25, 0.3) is 0 Å². The largest absolute Gasteiger partial charge is 0.494 e. The van der Waals surface area contributed by atoms with Gasteiger partial charge in [-0.2, -0.15) is 5.10 Å². The van der Waals surface area contributed by atoms with Crippen LogP contribution in [-0.4, -0.2) is 29.3 Å². The normalized spacial score (nSPS) is 10.5. The Morgan fingerprint density at radius 2 is 2.35 bits per heavy atom. The molecule has 17 heavy (non-hydrogen) atoms. The summed E-state index contributed by atoms with van der Waals surface area (Å²) in [4.78, 5) is 11.7. The van der Waals surface area contributed by atoms with Crippen molar-refractivity contribution in [2.75, 3.05) is 13.7 Å². The maximum atomic E-state index is 11.7. The maximum absolute atomic E-state index is 11.7. The molecule has 6 heteroatoms. The highest BCUT2D eigenvalue weighted by molar-refractivity contribution is 9.10. The highest BCUT2D eigenvalue weighted by atomic mass is 79.9. The average molecular weight is 299 g/mol. The van der Waals surface area contributed by atoms with E-state index in [4.69, 9.17) is 9.47 Å². The van der Waals surface area contributed by atoms with E-state index in [-0.39, 0.29) is 0 Å². The van der Waals surface area contributed by atoms with Crippen molar-refractivity contribution in [2.24, 2.45) is 0 Å². The lowest BCUT2D eigenvalue weighted by atomic mass is 10.2. The molecular formula is C11H11BrN2O3. The van der Waals surface area contributed by atoms with Gasteiger partial charge in [-0.1, -0.05) is 0 Å². The number of pyridine rings is 1. The van der Waals surface area contributed by atoms with Crippen molar-refractivity contribution in [1.82, 2.24) is 9.61 Å². The Bertz CT molecular complexity index is 565. The molecule has 0 amide bonds. The second-order valence-corrected chi connectivity index (χ2v) is 4.21. The molecule has 0 saturated heterocycles.